The van der Waals surface area contributed by atoms with Gasteiger partial charge in [0.2, 0.25) is 0 Å². The molecule has 0 fully saturated rings. The number of hydrogen-bond donors (Lipinski definition) is 2. The fourth-order valence-electron chi connectivity index (χ4n) is 1.31. The van der Waals surface area contributed by atoms with E-state index in [9.17, 15) is 4.79 Å². The minimum atomic E-state index is -1.02. The predicted octanol–water partition coefficient (Wildman–Crippen LogP) is 3.37. The second-order valence-electron chi connectivity index (χ2n) is 3.26. The third-order valence-corrected chi connectivity index (χ3v) is 3.30. The lowest BCUT2D eigenvalue weighted by Crippen LogP contribution is -2.09. The molecule has 0 heterocycles. The lowest BCUT2D eigenvalue weighted by Gasteiger charge is -2.10. The van der Waals surface area contributed by atoms with Crippen LogP contribution >= 0.6 is 23.4 Å². The Morgan fingerprint density at radius 1 is 1.59 bits per heavy atom. The van der Waals surface area contributed by atoms with Gasteiger partial charge in [0.1, 0.15) is 5.56 Å². The van der Waals surface area contributed by atoms with Crippen molar-refractivity contribution in [3.63, 3.8) is 0 Å². The van der Waals surface area contributed by atoms with Gasteiger partial charge in [-0.1, -0.05) is 23.7 Å². The van der Waals surface area contributed by atoms with E-state index >= 15 is 0 Å². The number of carboxylic acids is 1. The van der Waals surface area contributed by atoms with Gasteiger partial charge < -0.3 is 10.4 Å². The van der Waals surface area contributed by atoms with Crippen LogP contribution < -0.4 is 5.32 Å². The van der Waals surface area contributed by atoms with Gasteiger partial charge in [0.05, 0.1) is 10.7 Å². The van der Waals surface area contributed by atoms with E-state index in [1.165, 1.54) is 0 Å². The number of carbonyl (C=O) groups is 1. The number of anilines is 1. The van der Waals surface area contributed by atoms with E-state index in [4.69, 9.17) is 16.7 Å². The van der Waals surface area contributed by atoms with Crippen molar-refractivity contribution in [3.05, 3.63) is 41.4 Å². The molecule has 0 saturated carbocycles. The summed E-state index contributed by atoms with van der Waals surface area (Å²) in [5, 5.41) is 12.4. The summed E-state index contributed by atoms with van der Waals surface area (Å²) >= 11 is 7.58. The van der Waals surface area contributed by atoms with Crippen LogP contribution in [0, 0.1) is 0 Å². The second kappa shape index (κ2) is 7.25. The average molecular weight is 272 g/mol. The molecule has 5 heteroatoms. The summed E-state index contributed by atoms with van der Waals surface area (Å²) in [6.07, 6.45) is 1.84. The standard InChI is InChI=1S/C12H14ClNO2S/c1-2-7-17-8-6-14-10-5-3-4-9(13)11(10)12(15)16/h2-5,14H,1,6-8H2,(H,15,16). The molecule has 0 unspecified atom stereocenters. The number of carboxylic acid groups (broad SMARTS) is 1. The molecule has 92 valence electrons. The number of halogens is 1. The molecule has 1 rings (SSSR count). The van der Waals surface area contributed by atoms with Crippen LogP contribution in [0.5, 0.6) is 0 Å². The van der Waals surface area contributed by atoms with Gasteiger partial charge in [-0.3, -0.25) is 0 Å². The quantitative estimate of drug-likeness (QED) is 0.590. The first-order valence-corrected chi connectivity index (χ1v) is 6.64. The summed E-state index contributed by atoms with van der Waals surface area (Å²) in [7, 11) is 0. The molecule has 1 aromatic carbocycles. The Morgan fingerprint density at radius 3 is 3.00 bits per heavy atom. The Bertz CT molecular complexity index is 409. The van der Waals surface area contributed by atoms with Gasteiger partial charge in [-0.2, -0.15) is 11.8 Å². The smallest absolute Gasteiger partial charge is 0.339 e. The fourth-order valence-corrected chi connectivity index (χ4v) is 2.15. The monoisotopic (exact) mass is 271 g/mol. The molecular formula is C12H14ClNO2S. The Balaban J connectivity index is 2.61. The van der Waals surface area contributed by atoms with Crippen molar-refractivity contribution in [2.24, 2.45) is 0 Å². The average Bonchev–Trinajstić information content (AvgIpc) is 2.28. The highest BCUT2D eigenvalue weighted by molar-refractivity contribution is 7.99. The maximum absolute atomic E-state index is 11.0. The minimum absolute atomic E-state index is 0.128. The van der Waals surface area contributed by atoms with Crippen LogP contribution in [-0.4, -0.2) is 29.1 Å². The number of thioether (sulfide) groups is 1. The Labute approximate surface area is 110 Å². The van der Waals surface area contributed by atoms with Gasteiger partial charge in [-0.15, -0.1) is 6.58 Å². The van der Waals surface area contributed by atoms with E-state index in [0.717, 1.165) is 11.5 Å². The molecule has 0 amide bonds. The molecule has 0 radical (unpaired) electrons. The van der Waals surface area contributed by atoms with E-state index in [0.29, 0.717) is 12.2 Å². The van der Waals surface area contributed by atoms with E-state index < -0.39 is 5.97 Å². The van der Waals surface area contributed by atoms with Crippen molar-refractivity contribution in [3.8, 4) is 0 Å². The van der Waals surface area contributed by atoms with Crippen molar-refractivity contribution >= 4 is 35.0 Å². The molecule has 3 nitrogen and oxygen atoms in total. The van der Waals surface area contributed by atoms with Crippen molar-refractivity contribution in [2.45, 2.75) is 0 Å². The first-order chi connectivity index (χ1) is 8.16. The van der Waals surface area contributed by atoms with E-state index in [-0.39, 0.29) is 10.6 Å². The highest BCUT2D eigenvalue weighted by atomic mass is 35.5. The Morgan fingerprint density at radius 2 is 2.35 bits per heavy atom. The summed E-state index contributed by atoms with van der Waals surface area (Å²) in [5.74, 6) is 0.762. The van der Waals surface area contributed by atoms with Crippen molar-refractivity contribution in [2.75, 3.05) is 23.4 Å². The number of hydrogen-bond acceptors (Lipinski definition) is 3. The molecule has 0 aliphatic carbocycles. The summed E-state index contributed by atoms with van der Waals surface area (Å²) in [5.41, 5.74) is 0.687. The van der Waals surface area contributed by atoms with Crippen LogP contribution in [0.3, 0.4) is 0 Å². The molecule has 0 aromatic heterocycles. The maximum Gasteiger partial charge on any atom is 0.339 e. The maximum atomic E-state index is 11.0. The predicted molar refractivity (Wildman–Crippen MR) is 74.4 cm³/mol. The molecular weight excluding hydrogens is 258 g/mol. The van der Waals surface area contributed by atoms with E-state index in [1.807, 2.05) is 6.08 Å². The SMILES string of the molecule is C=CCSCCNc1cccc(Cl)c1C(=O)O. The van der Waals surface area contributed by atoms with Crippen LogP contribution in [0.1, 0.15) is 10.4 Å². The molecule has 2 N–H and O–H groups in total. The molecule has 0 bridgehead atoms. The third kappa shape index (κ3) is 4.32. The Hall–Kier alpha value is -1.13. The Kier molecular flexibility index (Phi) is 5.94. The zero-order chi connectivity index (χ0) is 12.7. The number of benzene rings is 1. The third-order valence-electron chi connectivity index (χ3n) is 2.03. The van der Waals surface area contributed by atoms with Crippen molar-refractivity contribution in [1.82, 2.24) is 0 Å². The second-order valence-corrected chi connectivity index (χ2v) is 4.81. The van der Waals surface area contributed by atoms with Crippen LogP contribution in [-0.2, 0) is 0 Å². The highest BCUT2D eigenvalue weighted by Gasteiger charge is 2.13. The topological polar surface area (TPSA) is 49.3 Å². The first-order valence-electron chi connectivity index (χ1n) is 5.11. The van der Waals surface area contributed by atoms with Crippen LogP contribution in [0.2, 0.25) is 5.02 Å². The molecule has 0 atom stereocenters. The summed E-state index contributed by atoms with van der Waals surface area (Å²) in [6, 6.07) is 5.02. The fraction of sp³-hybridized carbons (Fsp3) is 0.250. The molecule has 0 saturated heterocycles. The van der Waals surface area contributed by atoms with Gasteiger partial charge in [0.25, 0.3) is 0 Å². The first kappa shape index (κ1) is 13.9. The van der Waals surface area contributed by atoms with Crippen LogP contribution in [0.15, 0.2) is 30.9 Å². The van der Waals surface area contributed by atoms with Crippen LogP contribution in [0.25, 0.3) is 0 Å². The lowest BCUT2D eigenvalue weighted by atomic mass is 10.2. The van der Waals surface area contributed by atoms with E-state index in [1.54, 1.807) is 30.0 Å². The summed E-state index contributed by atoms with van der Waals surface area (Å²) in [4.78, 5) is 11.0. The van der Waals surface area contributed by atoms with Gasteiger partial charge in [0.15, 0.2) is 0 Å². The van der Waals surface area contributed by atoms with Gasteiger partial charge in [-0.25, -0.2) is 4.79 Å². The van der Waals surface area contributed by atoms with Crippen LogP contribution in [0.4, 0.5) is 5.69 Å². The molecule has 0 spiro atoms. The molecule has 1 aromatic rings. The largest absolute Gasteiger partial charge is 0.478 e. The number of rotatable bonds is 7. The number of aromatic carboxylic acids is 1. The molecule has 0 aliphatic heterocycles. The number of nitrogens with one attached hydrogen (secondary N) is 1. The molecule has 0 aliphatic rings. The lowest BCUT2D eigenvalue weighted by molar-refractivity contribution is 0.0698. The van der Waals surface area contributed by atoms with Gasteiger partial charge in [-0.05, 0) is 12.1 Å². The van der Waals surface area contributed by atoms with Gasteiger partial charge >= 0.3 is 5.97 Å². The van der Waals surface area contributed by atoms with Gasteiger partial charge in [0, 0.05) is 18.1 Å². The van der Waals surface area contributed by atoms with Crippen molar-refractivity contribution in [1.29, 1.82) is 0 Å². The molecule has 17 heavy (non-hydrogen) atoms. The normalized spacial score (nSPS) is 9.94. The van der Waals surface area contributed by atoms with Crippen molar-refractivity contribution < 1.29 is 9.90 Å². The minimum Gasteiger partial charge on any atom is -0.478 e. The van der Waals surface area contributed by atoms with E-state index in [2.05, 4.69) is 11.9 Å². The zero-order valence-electron chi connectivity index (χ0n) is 9.28. The summed E-state index contributed by atoms with van der Waals surface area (Å²) in [6.45, 7) is 4.32. The summed E-state index contributed by atoms with van der Waals surface area (Å²) < 4.78 is 0. The zero-order valence-corrected chi connectivity index (χ0v) is 10.9. The highest BCUT2D eigenvalue weighted by Crippen LogP contribution is 2.24.